The third-order valence-corrected chi connectivity index (χ3v) is 3.47. The molecule has 0 radical (unpaired) electrons. The minimum Gasteiger partial charge on any atom is -0.319 e. The molecule has 0 saturated carbocycles. The molecule has 0 bridgehead atoms. The molecule has 0 fully saturated rings. The van der Waals surface area contributed by atoms with Gasteiger partial charge in [0, 0.05) is 17.6 Å². The van der Waals surface area contributed by atoms with Gasteiger partial charge in [-0.25, -0.2) is 9.97 Å². The Hall–Kier alpha value is -1.81. The second-order valence-corrected chi connectivity index (χ2v) is 5.23. The van der Waals surface area contributed by atoms with E-state index in [-0.39, 0.29) is 0 Å². The van der Waals surface area contributed by atoms with Crippen LogP contribution in [0.15, 0.2) is 12.3 Å². The lowest BCUT2D eigenvalue weighted by Gasteiger charge is -2.11. The summed E-state index contributed by atoms with van der Waals surface area (Å²) >= 11 is 0. The van der Waals surface area contributed by atoms with Crippen molar-refractivity contribution in [2.45, 2.75) is 34.1 Å². The van der Waals surface area contributed by atoms with Gasteiger partial charge >= 0.3 is 0 Å². The first-order valence-electron chi connectivity index (χ1n) is 6.95. The van der Waals surface area contributed by atoms with E-state index in [1.165, 1.54) is 5.56 Å². The molecule has 0 spiro atoms. The van der Waals surface area contributed by atoms with Gasteiger partial charge in [-0.2, -0.15) is 0 Å². The van der Waals surface area contributed by atoms with E-state index in [1.54, 1.807) is 0 Å². The number of hydrogen-bond donors (Lipinski definition) is 1. The summed E-state index contributed by atoms with van der Waals surface area (Å²) in [6, 6.07) is 2.12. The number of aromatic nitrogens is 3. The van der Waals surface area contributed by atoms with Gasteiger partial charge in [-0.05, 0) is 64.4 Å². The third kappa shape index (κ3) is 3.02. The van der Waals surface area contributed by atoms with Crippen LogP contribution in [0.5, 0.6) is 0 Å². The van der Waals surface area contributed by atoms with E-state index in [0.717, 1.165) is 47.0 Å². The Balaban J connectivity index is 2.44. The molecule has 2 aromatic heterocycles. The van der Waals surface area contributed by atoms with Crippen LogP contribution in [0.2, 0.25) is 0 Å². The van der Waals surface area contributed by atoms with Gasteiger partial charge in [0.25, 0.3) is 0 Å². The molecule has 2 heterocycles. The summed E-state index contributed by atoms with van der Waals surface area (Å²) in [7, 11) is 1.96. The van der Waals surface area contributed by atoms with Gasteiger partial charge in [0.1, 0.15) is 5.69 Å². The van der Waals surface area contributed by atoms with E-state index in [0.29, 0.717) is 0 Å². The number of nitrogens with zero attached hydrogens (tertiary/aromatic N) is 3. The molecule has 0 aromatic carbocycles. The first-order chi connectivity index (χ1) is 9.52. The number of likely N-dealkylation sites (N-methyl/N-ethyl adjacent to an activating group) is 1. The van der Waals surface area contributed by atoms with Crippen molar-refractivity contribution in [2.75, 3.05) is 13.6 Å². The highest BCUT2D eigenvalue weighted by molar-refractivity contribution is 5.55. The summed E-state index contributed by atoms with van der Waals surface area (Å²) < 4.78 is 0. The maximum atomic E-state index is 4.65. The normalized spacial score (nSPS) is 10.8. The average molecular weight is 270 g/mol. The molecule has 2 rings (SSSR count). The van der Waals surface area contributed by atoms with Gasteiger partial charge < -0.3 is 5.32 Å². The second kappa shape index (κ2) is 6.09. The predicted octanol–water partition coefficient (Wildman–Crippen LogP) is 2.53. The molecule has 4 nitrogen and oxygen atoms in total. The van der Waals surface area contributed by atoms with Gasteiger partial charge in [0.15, 0.2) is 5.82 Å². The molecule has 20 heavy (non-hydrogen) atoms. The molecule has 106 valence electrons. The second-order valence-electron chi connectivity index (χ2n) is 5.23. The van der Waals surface area contributed by atoms with Crippen LogP contribution in [0.3, 0.4) is 0 Å². The largest absolute Gasteiger partial charge is 0.319 e. The zero-order valence-electron chi connectivity index (χ0n) is 12.9. The van der Waals surface area contributed by atoms with Crippen molar-refractivity contribution in [3.8, 4) is 11.5 Å². The van der Waals surface area contributed by atoms with Crippen molar-refractivity contribution < 1.29 is 0 Å². The van der Waals surface area contributed by atoms with E-state index < -0.39 is 0 Å². The molecule has 4 heteroatoms. The van der Waals surface area contributed by atoms with Crippen molar-refractivity contribution in [2.24, 2.45) is 0 Å². The minimum absolute atomic E-state index is 0.728. The van der Waals surface area contributed by atoms with Crippen LogP contribution >= 0.6 is 0 Å². The van der Waals surface area contributed by atoms with E-state index in [2.05, 4.69) is 33.3 Å². The van der Waals surface area contributed by atoms with E-state index in [4.69, 9.17) is 0 Å². The van der Waals surface area contributed by atoms with Crippen molar-refractivity contribution >= 4 is 0 Å². The van der Waals surface area contributed by atoms with Gasteiger partial charge in [-0.3, -0.25) is 4.98 Å². The Kier molecular flexibility index (Phi) is 4.45. The fraction of sp³-hybridized carbons (Fsp3) is 0.438. The zero-order chi connectivity index (χ0) is 14.7. The molecule has 0 unspecified atom stereocenters. The van der Waals surface area contributed by atoms with Gasteiger partial charge in [-0.1, -0.05) is 6.07 Å². The predicted molar refractivity (Wildman–Crippen MR) is 81.8 cm³/mol. The van der Waals surface area contributed by atoms with Crippen molar-refractivity contribution in [1.29, 1.82) is 0 Å². The molecule has 1 N–H and O–H groups in total. The third-order valence-electron chi connectivity index (χ3n) is 3.47. The monoisotopic (exact) mass is 270 g/mol. The molecule has 2 aromatic rings. The lowest BCUT2D eigenvalue weighted by Crippen LogP contribution is -2.13. The summed E-state index contributed by atoms with van der Waals surface area (Å²) in [5, 5.41) is 3.16. The Morgan fingerprint density at radius 2 is 1.70 bits per heavy atom. The highest BCUT2D eigenvalue weighted by Crippen LogP contribution is 2.21. The topological polar surface area (TPSA) is 50.7 Å². The lowest BCUT2D eigenvalue weighted by molar-refractivity contribution is 0.774. The summed E-state index contributed by atoms with van der Waals surface area (Å²) in [6.45, 7) is 9.13. The van der Waals surface area contributed by atoms with Gasteiger partial charge in [0.05, 0.1) is 0 Å². The van der Waals surface area contributed by atoms with Crippen molar-refractivity contribution in [3.63, 3.8) is 0 Å². The molecular weight excluding hydrogens is 248 g/mol. The Morgan fingerprint density at radius 3 is 2.25 bits per heavy atom. The fourth-order valence-corrected chi connectivity index (χ4v) is 2.41. The molecule has 0 saturated heterocycles. The van der Waals surface area contributed by atoms with E-state index in [9.17, 15) is 0 Å². The molecule has 0 amide bonds. The van der Waals surface area contributed by atoms with Crippen LogP contribution in [0.1, 0.15) is 28.1 Å². The molecule has 0 aliphatic rings. The van der Waals surface area contributed by atoms with Crippen LogP contribution in [0.25, 0.3) is 11.5 Å². The van der Waals surface area contributed by atoms with Crippen LogP contribution in [-0.2, 0) is 6.42 Å². The van der Waals surface area contributed by atoms with Crippen LogP contribution < -0.4 is 5.32 Å². The SMILES string of the molecule is CNCCc1c(C)nc(-c2ncc(C)cc2C)nc1C. The molecule has 0 aliphatic carbocycles. The Labute approximate surface area is 120 Å². The minimum atomic E-state index is 0.728. The highest BCUT2D eigenvalue weighted by Gasteiger charge is 2.12. The maximum Gasteiger partial charge on any atom is 0.178 e. The van der Waals surface area contributed by atoms with Crippen LogP contribution in [0, 0.1) is 27.7 Å². The van der Waals surface area contributed by atoms with Gasteiger partial charge in [-0.15, -0.1) is 0 Å². The summed E-state index contributed by atoms with van der Waals surface area (Å²) in [6.07, 6.45) is 2.82. The maximum absolute atomic E-state index is 4.65. The van der Waals surface area contributed by atoms with Crippen molar-refractivity contribution in [3.05, 3.63) is 40.3 Å². The number of rotatable bonds is 4. The summed E-state index contributed by atoms with van der Waals surface area (Å²) in [5.74, 6) is 0.728. The smallest absolute Gasteiger partial charge is 0.178 e. The van der Waals surface area contributed by atoms with Crippen LogP contribution in [-0.4, -0.2) is 28.5 Å². The zero-order valence-corrected chi connectivity index (χ0v) is 12.9. The highest BCUT2D eigenvalue weighted by atomic mass is 14.9. The Bertz CT molecular complexity index is 597. The molecular formula is C16H22N4. The summed E-state index contributed by atoms with van der Waals surface area (Å²) in [5.41, 5.74) is 6.47. The number of aryl methyl sites for hydroxylation is 4. The van der Waals surface area contributed by atoms with E-state index >= 15 is 0 Å². The fourth-order valence-electron chi connectivity index (χ4n) is 2.41. The number of nitrogens with one attached hydrogen (secondary N) is 1. The van der Waals surface area contributed by atoms with Gasteiger partial charge in [0.2, 0.25) is 0 Å². The first kappa shape index (κ1) is 14.6. The quantitative estimate of drug-likeness (QED) is 0.927. The van der Waals surface area contributed by atoms with E-state index in [1.807, 2.05) is 34.0 Å². The molecule has 0 atom stereocenters. The lowest BCUT2D eigenvalue weighted by atomic mass is 10.1. The van der Waals surface area contributed by atoms with Crippen molar-refractivity contribution in [1.82, 2.24) is 20.3 Å². The van der Waals surface area contributed by atoms with Crippen LogP contribution in [0.4, 0.5) is 0 Å². The Morgan fingerprint density at radius 1 is 1.05 bits per heavy atom. The average Bonchev–Trinajstić information content (AvgIpc) is 2.37. The number of hydrogen-bond acceptors (Lipinski definition) is 4. The standard InChI is InChI=1S/C16H22N4/c1-10-8-11(2)15(18-9-10)16-19-12(3)14(6-7-17-5)13(4)20-16/h8-9,17H,6-7H2,1-5H3. The molecule has 0 aliphatic heterocycles. The summed E-state index contributed by atoms with van der Waals surface area (Å²) in [4.78, 5) is 13.8. The first-order valence-corrected chi connectivity index (χ1v) is 6.95. The number of pyridine rings is 1.